The van der Waals surface area contributed by atoms with E-state index >= 15 is 0 Å². The summed E-state index contributed by atoms with van der Waals surface area (Å²) in [5.74, 6) is 3.29. The van der Waals surface area contributed by atoms with E-state index in [9.17, 15) is 14.4 Å². The Morgan fingerprint density at radius 3 is 2.44 bits per heavy atom. The second kappa shape index (κ2) is 10.6. The minimum Gasteiger partial charge on any atom is -0.493 e. The highest BCUT2D eigenvalue weighted by Gasteiger charge is 2.19. The average molecular weight is 466 g/mol. The molecule has 0 saturated heterocycles. The predicted molar refractivity (Wildman–Crippen MR) is 128 cm³/mol. The molecule has 0 aliphatic heterocycles. The van der Waals surface area contributed by atoms with Crippen LogP contribution in [0.25, 0.3) is 23.3 Å². The topological polar surface area (TPSA) is 107 Å². The van der Waals surface area contributed by atoms with Gasteiger partial charge in [0.15, 0.2) is 29.3 Å². The number of esters is 1. The zero-order valence-electron chi connectivity index (χ0n) is 19.5. The Labute approximate surface area is 196 Å². The molecule has 34 heavy (non-hydrogen) atoms. The van der Waals surface area contributed by atoms with Crippen LogP contribution in [0.3, 0.4) is 0 Å². The number of rotatable bonds is 9. The van der Waals surface area contributed by atoms with Gasteiger partial charge in [-0.2, -0.15) is 0 Å². The number of methoxy groups -OCH3 is 2. The van der Waals surface area contributed by atoms with Crippen molar-refractivity contribution in [3.63, 3.8) is 0 Å². The summed E-state index contributed by atoms with van der Waals surface area (Å²) in [6, 6.07) is 5.16. The fourth-order valence-corrected chi connectivity index (χ4v) is 3.52. The van der Waals surface area contributed by atoms with Gasteiger partial charge in [-0.15, -0.1) is 6.42 Å². The van der Waals surface area contributed by atoms with E-state index in [2.05, 4.69) is 15.6 Å². The Bertz CT molecular complexity index is 1400. The van der Waals surface area contributed by atoms with Crippen molar-refractivity contribution in [2.75, 3.05) is 20.8 Å². The minimum atomic E-state index is -0.508. The highest BCUT2D eigenvalue weighted by molar-refractivity contribution is 5.77. The van der Waals surface area contributed by atoms with Crippen molar-refractivity contribution in [3.05, 3.63) is 50.4 Å². The van der Waals surface area contributed by atoms with Crippen molar-refractivity contribution in [1.29, 1.82) is 0 Å². The van der Waals surface area contributed by atoms with Crippen LogP contribution in [0.4, 0.5) is 0 Å². The molecule has 2 heterocycles. The summed E-state index contributed by atoms with van der Waals surface area (Å²) in [6.07, 6.45) is 9.04. The molecule has 1 aromatic carbocycles. The van der Waals surface area contributed by atoms with Crippen LogP contribution in [0.2, 0.25) is 0 Å². The standard InChI is InChI=1S/C24H26N4O6/c1-6-13-28-19(25-22-21(28)23(30)27(8-3)24(31)26(22)7-2)12-10-16-9-11-17(18(14-16)32-4)34-15-20(29)33-5/h1,9-12,14H,7-8,13,15H2,2-5H3/b12-10+. The molecule has 0 aliphatic rings. The SMILES string of the molecule is C#CCn1c(/C=C/c2ccc(OCC(=O)OC)c(OC)c2)nc2c1c(=O)n(CC)c(=O)n2CC. The lowest BCUT2D eigenvalue weighted by atomic mass is 10.2. The van der Waals surface area contributed by atoms with Gasteiger partial charge in [0.25, 0.3) is 5.56 Å². The van der Waals surface area contributed by atoms with E-state index in [0.29, 0.717) is 29.5 Å². The molecule has 3 rings (SSSR count). The summed E-state index contributed by atoms with van der Waals surface area (Å²) in [7, 11) is 2.77. The first-order valence-electron chi connectivity index (χ1n) is 10.6. The Morgan fingerprint density at radius 1 is 1.09 bits per heavy atom. The van der Waals surface area contributed by atoms with Gasteiger partial charge in [0.2, 0.25) is 0 Å². The molecule has 0 radical (unpaired) electrons. The van der Waals surface area contributed by atoms with Crippen molar-refractivity contribution in [3.8, 4) is 23.8 Å². The van der Waals surface area contributed by atoms with Crippen molar-refractivity contribution in [2.45, 2.75) is 33.5 Å². The lowest BCUT2D eigenvalue weighted by Crippen LogP contribution is -2.40. The highest BCUT2D eigenvalue weighted by atomic mass is 16.6. The third-order valence-corrected chi connectivity index (χ3v) is 5.21. The number of carbonyl (C=O) groups is 1. The Kier molecular flexibility index (Phi) is 7.58. The van der Waals surface area contributed by atoms with Gasteiger partial charge in [-0.1, -0.05) is 18.1 Å². The van der Waals surface area contributed by atoms with Crippen molar-refractivity contribution in [1.82, 2.24) is 18.7 Å². The summed E-state index contributed by atoms with van der Waals surface area (Å²) in [6.45, 7) is 4.02. The molecule has 0 unspecified atom stereocenters. The van der Waals surface area contributed by atoms with Crippen molar-refractivity contribution in [2.24, 2.45) is 0 Å². The maximum atomic E-state index is 13.0. The van der Waals surface area contributed by atoms with Gasteiger partial charge in [0, 0.05) is 13.1 Å². The molecule has 0 spiro atoms. The molecule has 0 saturated carbocycles. The minimum absolute atomic E-state index is 0.112. The molecular formula is C24H26N4O6. The highest BCUT2D eigenvalue weighted by Crippen LogP contribution is 2.29. The number of fused-ring (bicyclic) bond motifs is 1. The first-order valence-corrected chi connectivity index (χ1v) is 10.6. The normalized spacial score (nSPS) is 11.0. The summed E-state index contributed by atoms with van der Waals surface area (Å²) in [5, 5.41) is 0. The quantitative estimate of drug-likeness (QED) is 0.349. The number of hydrogen-bond acceptors (Lipinski definition) is 7. The van der Waals surface area contributed by atoms with Gasteiger partial charge < -0.3 is 18.8 Å². The third kappa shape index (κ3) is 4.59. The zero-order chi connectivity index (χ0) is 24.8. The first kappa shape index (κ1) is 24.4. The van der Waals surface area contributed by atoms with Crippen LogP contribution in [0.15, 0.2) is 27.8 Å². The van der Waals surface area contributed by atoms with Crippen LogP contribution in [-0.2, 0) is 29.2 Å². The number of terminal acetylenes is 1. The molecule has 0 amide bonds. The van der Waals surface area contributed by atoms with E-state index in [1.54, 1.807) is 41.8 Å². The molecule has 10 heteroatoms. The van der Waals surface area contributed by atoms with E-state index < -0.39 is 17.2 Å². The molecule has 0 fully saturated rings. The van der Waals surface area contributed by atoms with Crippen molar-refractivity contribution < 1.29 is 19.0 Å². The summed E-state index contributed by atoms with van der Waals surface area (Å²) < 4.78 is 19.6. The Morgan fingerprint density at radius 2 is 1.82 bits per heavy atom. The van der Waals surface area contributed by atoms with Crippen LogP contribution >= 0.6 is 0 Å². The number of imidazole rings is 1. The fraction of sp³-hybridized carbons (Fsp3) is 0.333. The molecular weight excluding hydrogens is 440 g/mol. The predicted octanol–water partition coefficient (Wildman–Crippen LogP) is 1.76. The number of nitrogens with zero attached hydrogens (tertiary/aromatic N) is 4. The van der Waals surface area contributed by atoms with E-state index in [1.807, 2.05) is 6.92 Å². The number of aryl methyl sites for hydroxylation is 1. The van der Waals surface area contributed by atoms with Crippen LogP contribution in [0.5, 0.6) is 11.5 Å². The van der Waals surface area contributed by atoms with Crippen molar-refractivity contribution >= 4 is 29.3 Å². The van der Waals surface area contributed by atoms with E-state index in [-0.39, 0.29) is 25.2 Å². The zero-order valence-corrected chi connectivity index (χ0v) is 19.5. The van der Waals surface area contributed by atoms with E-state index in [4.69, 9.17) is 15.9 Å². The van der Waals surface area contributed by atoms with Crippen LogP contribution in [-0.4, -0.2) is 45.5 Å². The lowest BCUT2D eigenvalue weighted by molar-refractivity contribution is -0.142. The second-order valence-electron chi connectivity index (χ2n) is 7.12. The fourth-order valence-electron chi connectivity index (χ4n) is 3.52. The molecule has 0 atom stereocenters. The van der Waals surface area contributed by atoms with Gasteiger partial charge in [-0.3, -0.25) is 13.9 Å². The summed E-state index contributed by atoms with van der Waals surface area (Å²) in [5.41, 5.74) is 0.491. The number of carbonyl (C=O) groups excluding carboxylic acids is 1. The summed E-state index contributed by atoms with van der Waals surface area (Å²) in [4.78, 5) is 41.6. The largest absolute Gasteiger partial charge is 0.493 e. The van der Waals surface area contributed by atoms with E-state index in [1.165, 1.54) is 23.4 Å². The summed E-state index contributed by atoms with van der Waals surface area (Å²) >= 11 is 0. The molecule has 0 aliphatic carbocycles. The molecule has 0 bridgehead atoms. The number of ether oxygens (including phenoxy) is 3. The maximum absolute atomic E-state index is 13.0. The Hall–Kier alpha value is -4.26. The van der Waals surface area contributed by atoms with Gasteiger partial charge in [-0.05, 0) is 37.6 Å². The van der Waals surface area contributed by atoms with Crippen LogP contribution < -0.4 is 20.7 Å². The third-order valence-electron chi connectivity index (χ3n) is 5.21. The van der Waals surface area contributed by atoms with Crippen LogP contribution in [0, 0.1) is 12.3 Å². The number of aromatic nitrogens is 4. The molecule has 2 aromatic heterocycles. The smallest absolute Gasteiger partial charge is 0.343 e. The van der Waals surface area contributed by atoms with Gasteiger partial charge in [0.1, 0.15) is 5.82 Å². The average Bonchev–Trinajstić information content (AvgIpc) is 3.20. The lowest BCUT2D eigenvalue weighted by Gasteiger charge is -2.10. The Balaban J connectivity index is 2.07. The molecule has 178 valence electrons. The van der Waals surface area contributed by atoms with Crippen LogP contribution in [0.1, 0.15) is 25.2 Å². The van der Waals surface area contributed by atoms with Gasteiger partial charge >= 0.3 is 11.7 Å². The molecule has 10 nitrogen and oxygen atoms in total. The molecule has 3 aromatic rings. The monoisotopic (exact) mass is 466 g/mol. The first-order chi connectivity index (χ1) is 16.4. The number of hydrogen-bond donors (Lipinski definition) is 0. The van der Waals surface area contributed by atoms with Gasteiger partial charge in [-0.25, -0.2) is 14.6 Å². The second-order valence-corrected chi connectivity index (χ2v) is 7.12. The number of benzene rings is 1. The molecule has 0 N–H and O–H groups in total. The maximum Gasteiger partial charge on any atom is 0.343 e. The van der Waals surface area contributed by atoms with Gasteiger partial charge in [0.05, 0.1) is 20.8 Å². The van der Waals surface area contributed by atoms with E-state index in [0.717, 1.165) is 5.56 Å².